The van der Waals surface area contributed by atoms with Gasteiger partial charge in [0.25, 0.3) is 0 Å². The van der Waals surface area contributed by atoms with Crippen LogP contribution in [0.25, 0.3) is 0 Å². The van der Waals surface area contributed by atoms with E-state index in [1.807, 2.05) is 0 Å². The number of hydrogen-bond acceptors (Lipinski definition) is 3. The van der Waals surface area contributed by atoms with Crippen LogP contribution in [-0.2, 0) is 9.53 Å². The maximum absolute atomic E-state index is 11.8. The monoisotopic (exact) mass is 226 g/mol. The van der Waals surface area contributed by atoms with Crippen LogP contribution >= 0.6 is 0 Å². The van der Waals surface area contributed by atoms with Gasteiger partial charge in [-0.05, 0) is 37.0 Å². The number of esters is 1. The van der Waals surface area contributed by atoms with Crippen molar-refractivity contribution in [1.29, 1.82) is 0 Å². The number of carbonyl (C=O) groups is 1. The van der Waals surface area contributed by atoms with Gasteiger partial charge in [-0.2, -0.15) is 0 Å². The van der Waals surface area contributed by atoms with E-state index in [0.29, 0.717) is 11.8 Å². The highest BCUT2D eigenvalue weighted by molar-refractivity contribution is 5.73. The second-order valence-electron chi connectivity index (χ2n) is 5.44. The third-order valence-electron chi connectivity index (χ3n) is 4.53. The van der Waals surface area contributed by atoms with Gasteiger partial charge >= 0.3 is 5.97 Å². The number of methoxy groups -OCH3 is 1. The SMILES string of the molecule is COC(=O)[C@H]1[C@@H]2CCCC[C@H]2[C@@H](O)C[C@H]1C. The summed E-state index contributed by atoms with van der Waals surface area (Å²) in [5.74, 6) is 0.866. The van der Waals surface area contributed by atoms with Crippen LogP contribution in [0.3, 0.4) is 0 Å². The van der Waals surface area contributed by atoms with Crippen LogP contribution in [0, 0.1) is 23.7 Å². The molecule has 2 rings (SSSR count). The summed E-state index contributed by atoms with van der Waals surface area (Å²) < 4.78 is 4.92. The Balaban J connectivity index is 2.18. The summed E-state index contributed by atoms with van der Waals surface area (Å²) in [6, 6.07) is 0. The number of aliphatic hydroxyl groups is 1. The topological polar surface area (TPSA) is 46.5 Å². The van der Waals surface area contributed by atoms with Gasteiger partial charge in [0, 0.05) is 0 Å². The van der Waals surface area contributed by atoms with Crippen molar-refractivity contribution in [3.8, 4) is 0 Å². The number of fused-ring (bicyclic) bond motifs is 1. The Kier molecular flexibility index (Phi) is 3.53. The first-order valence-electron chi connectivity index (χ1n) is 6.41. The fourth-order valence-corrected chi connectivity index (χ4v) is 3.78. The molecule has 0 amide bonds. The molecule has 2 saturated carbocycles. The molecule has 1 N–H and O–H groups in total. The lowest BCUT2D eigenvalue weighted by Crippen LogP contribution is -2.47. The van der Waals surface area contributed by atoms with E-state index in [1.54, 1.807) is 0 Å². The average Bonchev–Trinajstić information content (AvgIpc) is 2.28. The molecule has 0 aromatic rings. The van der Waals surface area contributed by atoms with Crippen LogP contribution in [0.2, 0.25) is 0 Å². The van der Waals surface area contributed by atoms with E-state index in [-0.39, 0.29) is 23.9 Å². The zero-order valence-corrected chi connectivity index (χ0v) is 10.2. The van der Waals surface area contributed by atoms with Crippen molar-refractivity contribution in [2.75, 3.05) is 7.11 Å². The van der Waals surface area contributed by atoms with Crippen molar-refractivity contribution >= 4 is 5.97 Å². The number of carbonyl (C=O) groups excluding carboxylic acids is 1. The number of aliphatic hydroxyl groups excluding tert-OH is 1. The first-order valence-corrected chi connectivity index (χ1v) is 6.41. The number of ether oxygens (including phenoxy) is 1. The summed E-state index contributed by atoms with van der Waals surface area (Å²) in [7, 11) is 1.47. The molecule has 0 spiro atoms. The van der Waals surface area contributed by atoms with Crippen LogP contribution in [0.5, 0.6) is 0 Å². The quantitative estimate of drug-likeness (QED) is 0.695. The summed E-state index contributed by atoms with van der Waals surface area (Å²) in [5.41, 5.74) is 0. The summed E-state index contributed by atoms with van der Waals surface area (Å²) >= 11 is 0. The molecule has 2 aliphatic rings. The molecule has 0 bridgehead atoms. The molecule has 0 aliphatic heterocycles. The Bertz CT molecular complexity index is 264. The van der Waals surface area contributed by atoms with Gasteiger partial charge in [0.05, 0.1) is 19.1 Å². The summed E-state index contributed by atoms with van der Waals surface area (Å²) in [6.45, 7) is 2.07. The van der Waals surface area contributed by atoms with Gasteiger partial charge in [0.2, 0.25) is 0 Å². The highest BCUT2D eigenvalue weighted by atomic mass is 16.5. The number of rotatable bonds is 1. The second-order valence-corrected chi connectivity index (χ2v) is 5.44. The van der Waals surface area contributed by atoms with E-state index in [2.05, 4.69) is 6.92 Å². The first-order chi connectivity index (χ1) is 7.65. The lowest BCUT2D eigenvalue weighted by molar-refractivity contribution is -0.157. The Hall–Kier alpha value is -0.570. The molecular weight excluding hydrogens is 204 g/mol. The smallest absolute Gasteiger partial charge is 0.309 e. The van der Waals surface area contributed by atoms with Crippen molar-refractivity contribution in [1.82, 2.24) is 0 Å². The van der Waals surface area contributed by atoms with Crippen molar-refractivity contribution in [2.24, 2.45) is 23.7 Å². The zero-order valence-electron chi connectivity index (χ0n) is 10.2. The molecular formula is C13H22O3. The molecule has 0 radical (unpaired) electrons. The molecule has 0 aromatic heterocycles. The van der Waals surface area contributed by atoms with Gasteiger partial charge in [-0.25, -0.2) is 0 Å². The van der Waals surface area contributed by atoms with Crippen molar-refractivity contribution in [3.05, 3.63) is 0 Å². The lowest BCUT2D eigenvalue weighted by Gasteiger charge is -2.45. The molecule has 2 fully saturated rings. The molecule has 16 heavy (non-hydrogen) atoms. The maximum atomic E-state index is 11.8. The highest BCUT2D eigenvalue weighted by Gasteiger charge is 2.46. The van der Waals surface area contributed by atoms with Crippen LogP contribution in [0.15, 0.2) is 0 Å². The van der Waals surface area contributed by atoms with E-state index >= 15 is 0 Å². The zero-order chi connectivity index (χ0) is 11.7. The van der Waals surface area contributed by atoms with E-state index in [1.165, 1.54) is 20.0 Å². The fourth-order valence-electron chi connectivity index (χ4n) is 3.78. The van der Waals surface area contributed by atoms with E-state index in [0.717, 1.165) is 19.3 Å². The average molecular weight is 226 g/mol. The minimum atomic E-state index is -0.207. The normalized spacial score (nSPS) is 43.6. The molecule has 0 heterocycles. The Morgan fingerprint density at radius 2 is 1.88 bits per heavy atom. The second kappa shape index (κ2) is 4.74. The molecule has 0 unspecified atom stereocenters. The minimum Gasteiger partial charge on any atom is -0.469 e. The van der Waals surface area contributed by atoms with Gasteiger partial charge in [0.1, 0.15) is 0 Å². The van der Waals surface area contributed by atoms with Crippen molar-refractivity contribution in [3.63, 3.8) is 0 Å². The van der Waals surface area contributed by atoms with E-state index in [9.17, 15) is 9.90 Å². The van der Waals surface area contributed by atoms with Crippen LogP contribution in [0.1, 0.15) is 39.0 Å². The third kappa shape index (κ3) is 1.97. The molecule has 0 aromatic carbocycles. The van der Waals surface area contributed by atoms with Crippen molar-refractivity contribution in [2.45, 2.75) is 45.1 Å². The van der Waals surface area contributed by atoms with Gasteiger partial charge in [0.15, 0.2) is 0 Å². The predicted molar refractivity (Wildman–Crippen MR) is 60.7 cm³/mol. The molecule has 0 saturated heterocycles. The maximum Gasteiger partial charge on any atom is 0.309 e. The molecule has 5 atom stereocenters. The Morgan fingerprint density at radius 3 is 2.50 bits per heavy atom. The van der Waals surface area contributed by atoms with Gasteiger partial charge in [-0.1, -0.05) is 19.8 Å². The standard InChI is InChI=1S/C13H22O3/c1-8-7-11(14)9-5-3-4-6-10(9)12(8)13(15)16-2/h8-12,14H,3-7H2,1-2H3/t8-,9-,10-,11+,12-/m1/s1. The molecule has 92 valence electrons. The van der Waals surface area contributed by atoms with Gasteiger partial charge in [-0.15, -0.1) is 0 Å². The van der Waals surface area contributed by atoms with Crippen LogP contribution in [-0.4, -0.2) is 24.3 Å². The summed E-state index contributed by atoms with van der Waals surface area (Å²) in [5, 5.41) is 10.1. The van der Waals surface area contributed by atoms with Gasteiger partial charge < -0.3 is 9.84 Å². The van der Waals surface area contributed by atoms with Gasteiger partial charge in [-0.3, -0.25) is 4.79 Å². The van der Waals surface area contributed by atoms with E-state index < -0.39 is 0 Å². The summed E-state index contributed by atoms with van der Waals surface area (Å²) in [4.78, 5) is 11.8. The predicted octanol–water partition coefficient (Wildman–Crippen LogP) is 1.98. The molecule has 3 nitrogen and oxygen atoms in total. The highest BCUT2D eigenvalue weighted by Crippen LogP contribution is 2.46. The largest absolute Gasteiger partial charge is 0.469 e. The molecule has 2 aliphatic carbocycles. The lowest BCUT2D eigenvalue weighted by atomic mass is 9.61. The van der Waals surface area contributed by atoms with Crippen LogP contribution < -0.4 is 0 Å². The van der Waals surface area contributed by atoms with Crippen molar-refractivity contribution < 1.29 is 14.6 Å². The third-order valence-corrected chi connectivity index (χ3v) is 4.53. The van der Waals surface area contributed by atoms with Crippen LogP contribution in [0.4, 0.5) is 0 Å². The number of hydrogen-bond donors (Lipinski definition) is 1. The minimum absolute atomic E-state index is 0.0127. The fraction of sp³-hybridized carbons (Fsp3) is 0.923. The Morgan fingerprint density at radius 1 is 1.25 bits per heavy atom. The first kappa shape index (κ1) is 11.9. The molecule has 3 heteroatoms. The summed E-state index contributed by atoms with van der Waals surface area (Å²) in [6.07, 6.45) is 5.08. The Labute approximate surface area is 97.2 Å². The van der Waals surface area contributed by atoms with E-state index in [4.69, 9.17) is 4.74 Å².